The molecule has 1 rings (SSSR count). The number of aryl methyl sites for hydroxylation is 1. The highest BCUT2D eigenvalue weighted by molar-refractivity contribution is 7.92. The van der Waals surface area contributed by atoms with Crippen molar-refractivity contribution < 1.29 is 12.9 Å². The van der Waals surface area contributed by atoms with E-state index in [4.69, 9.17) is 4.52 Å². The molecular formula is C10H19N3O3S. The van der Waals surface area contributed by atoms with Gasteiger partial charge in [0.2, 0.25) is 5.89 Å². The lowest BCUT2D eigenvalue weighted by Crippen LogP contribution is -2.34. The van der Waals surface area contributed by atoms with E-state index in [0.717, 1.165) is 0 Å². The van der Waals surface area contributed by atoms with E-state index in [1.807, 2.05) is 0 Å². The van der Waals surface area contributed by atoms with E-state index < -0.39 is 14.6 Å². The van der Waals surface area contributed by atoms with Crippen molar-refractivity contribution in [2.75, 3.05) is 12.3 Å². The average Bonchev–Trinajstić information content (AvgIpc) is 2.57. The number of hydrogen-bond acceptors (Lipinski definition) is 6. The molecule has 1 N–H and O–H groups in total. The van der Waals surface area contributed by atoms with E-state index >= 15 is 0 Å². The maximum absolute atomic E-state index is 11.8. The van der Waals surface area contributed by atoms with Crippen LogP contribution >= 0.6 is 0 Å². The van der Waals surface area contributed by atoms with Crippen LogP contribution in [0.5, 0.6) is 0 Å². The molecule has 1 aromatic rings. The summed E-state index contributed by atoms with van der Waals surface area (Å²) in [5.74, 6) is 1.14. The van der Waals surface area contributed by atoms with Crippen molar-refractivity contribution in [1.82, 2.24) is 15.5 Å². The van der Waals surface area contributed by atoms with Gasteiger partial charge < -0.3 is 9.84 Å². The van der Waals surface area contributed by atoms with Crippen molar-refractivity contribution in [3.8, 4) is 0 Å². The van der Waals surface area contributed by atoms with Gasteiger partial charge in [-0.1, -0.05) is 5.16 Å². The summed E-state index contributed by atoms with van der Waals surface area (Å²) in [5.41, 5.74) is 0. The molecule has 98 valence electrons. The average molecular weight is 261 g/mol. The zero-order chi connectivity index (χ0) is 13.1. The maximum atomic E-state index is 11.8. The Bertz CT molecular complexity index is 459. The zero-order valence-electron chi connectivity index (χ0n) is 10.6. The van der Waals surface area contributed by atoms with Gasteiger partial charge in [0.15, 0.2) is 15.7 Å². The van der Waals surface area contributed by atoms with Gasteiger partial charge in [-0.2, -0.15) is 4.98 Å². The van der Waals surface area contributed by atoms with Crippen molar-refractivity contribution in [1.29, 1.82) is 0 Å². The van der Waals surface area contributed by atoms with Crippen LogP contribution in [0.1, 0.15) is 32.5 Å². The number of nitrogens with zero attached hydrogens (tertiary/aromatic N) is 2. The highest BCUT2D eigenvalue weighted by Crippen LogP contribution is 2.15. The first-order valence-corrected chi connectivity index (χ1v) is 7.10. The summed E-state index contributed by atoms with van der Waals surface area (Å²) < 4.78 is 27.7. The first-order valence-electron chi connectivity index (χ1n) is 5.44. The van der Waals surface area contributed by atoms with Crippen LogP contribution in [0.25, 0.3) is 0 Å². The van der Waals surface area contributed by atoms with Crippen molar-refractivity contribution in [2.45, 2.75) is 39.0 Å². The molecule has 0 aliphatic rings. The number of sulfone groups is 1. The third-order valence-corrected chi connectivity index (χ3v) is 4.93. The molecule has 0 saturated carbocycles. The summed E-state index contributed by atoms with van der Waals surface area (Å²) in [4.78, 5) is 4.00. The standard InChI is InChI=1S/C10H19N3O3S/c1-8-12-9(16-13-8)7-11-5-6-17(14,15)10(2,3)4/h11H,5-7H2,1-4H3. The predicted molar refractivity (Wildman–Crippen MR) is 64.3 cm³/mol. The first kappa shape index (κ1) is 14.1. The molecule has 1 aromatic heterocycles. The Hall–Kier alpha value is -0.950. The fourth-order valence-corrected chi connectivity index (χ4v) is 2.15. The smallest absolute Gasteiger partial charge is 0.240 e. The minimum absolute atomic E-state index is 0.101. The van der Waals surface area contributed by atoms with Crippen LogP contribution in [0.3, 0.4) is 0 Å². The third kappa shape index (κ3) is 4.08. The van der Waals surface area contributed by atoms with E-state index in [9.17, 15) is 8.42 Å². The van der Waals surface area contributed by atoms with Crippen molar-refractivity contribution in [2.24, 2.45) is 0 Å². The minimum Gasteiger partial charge on any atom is -0.338 e. The Morgan fingerprint density at radius 2 is 2.00 bits per heavy atom. The van der Waals surface area contributed by atoms with Gasteiger partial charge in [0.05, 0.1) is 17.0 Å². The molecule has 0 fully saturated rings. The molecule has 17 heavy (non-hydrogen) atoms. The van der Waals surface area contributed by atoms with Gasteiger partial charge in [0, 0.05) is 6.54 Å². The van der Waals surface area contributed by atoms with Crippen LogP contribution in [0.2, 0.25) is 0 Å². The fourth-order valence-electron chi connectivity index (χ4n) is 1.12. The molecular weight excluding hydrogens is 242 g/mol. The van der Waals surface area contributed by atoms with Crippen LogP contribution in [-0.2, 0) is 16.4 Å². The summed E-state index contributed by atoms with van der Waals surface area (Å²) in [7, 11) is -3.08. The van der Waals surface area contributed by atoms with Crippen molar-refractivity contribution in [3.63, 3.8) is 0 Å². The van der Waals surface area contributed by atoms with E-state index in [-0.39, 0.29) is 5.75 Å². The first-order chi connectivity index (χ1) is 7.72. The molecule has 0 spiro atoms. The summed E-state index contributed by atoms with van der Waals surface area (Å²) in [6, 6.07) is 0. The molecule has 7 heteroatoms. The van der Waals surface area contributed by atoms with Crippen LogP contribution in [-0.4, -0.2) is 35.6 Å². The Morgan fingerprint density at radius 1 is 1.35 bits per heavy atom. The zero-order valence-corrected chi connectivity index (χ0v) is 11.5. The van der Waals surface area contributed by atoms with Crippen LogP contribution in [0.15, 0.2) is 4.52 Å². The quantitative estimate of drug-likeness (QED) is 0.785. The van der Waals surface area contributed by atoms with E-state index in [2.05, 4.69) is 15.5 Å². The topological polar surface area (TPSA) is 85.1 Å². The lowest BCUT2D eigenvalue weighted by Gasteiger charge is -2.18. The van der Waals surface area contributed by atoms with Gasteiger partial charge in [-0.3, -0.25) is 0 Å². The van der Waals surface area contributed by atoms with E-state index in [1.54, 1.807) is 27.7 Å². The number of nitrogens with one attached hydrogen (secondary N) is 1. The molecule has 0 unspecified atom stereocenters. The lowest BCUT2D eigenvalue weighted by atomic mass is 10.3. The second-order valence-corrected chi connectivity index (χ2v) is 7.71. The van der Waals surface area contributed by atoms with E-state index in [1.165, 1.54) is 0 Å². The minimum atomic E-state index is -3.08. The monoisotopic (exact) mass is 261 g/mol. The van der Waals surface area contributed by atoms with Gasteiger partial charge in [-0.05, 0) is 27.7 Å². The fraction of sp³-hybridized carbons (Fsp3) is 0.800. The molecule has 0 aliphatic heterocycles. The lowest BCUT2D eigenvalue weighted by molar-refractivity contribution is 0.365. The van der Waals surface area contributed by atoms with Gasteiger partial charge in [0.25, 0.3) is 0 Å². The molecule has 0 atom stereocenters. The molecule has 0 aromatic carbocycles. The summed E-state index contributed by atoms with van der Waals surface area (Å²) in [6.07, 6.45) is 0. The Labute approximate surface area is 102 Å². The van der Waals surface area contributed by atoms with Gasteiger partial charge in [-0.25, -0.2) is 8.42 Å². The van der Waals surface area contributed by atoms with Crippen molar-refractivity contribution in [3.05, 3.63) is 11.7 Å². The molecule has 0 amide bonds. The van der Waals surface area contributed by atoms with E-state index in [0.29, 0.717) is 24.8 Å². The number of hydrogen-bond donors (Lipinski definition) is 1. The summed E-state index contributed by atoms with van der Waals surface area (Å²) in [6.45, 7) is 7.59. The Balaban J connectivity index is 2.34. The number of rotatable bonds is 5. The SMILES string of the molecule is Cc1noc(CNCCS(=O)(=O)C(C)(C)C)n1. The van der Waals surface area contributed by atoms with Crippen LogP contribution < -0.4 is 5.32 Å². The predicted octanol–water partition coefficient (Wildman–Crippen LogP) is 0.681. The molecule has 0 radical (unpaired) electrons. The third-order valence-electron chi connectivity index (χ3n) is 2.33. The molecule has 0 saturated heterocycles. The largest absolute Gasteiger partial charge is 0.338 e. The Morgan fingerprint density at radius 3 is 2.47 bits per heavy atom. The summed E-state index contributed by atoms with van der Waals surface area (Å²) >= 11 is 0. The number of aromatic nitrogens is 2. The van der Waals surface area contributed by atoms with Gasteiger partial charge in [0.1, 0.15) is 0 Å². The Kier molecular flexibility index (Phi) is 4.26. The highest BCUT2D eigenvalue weighted by Gasteiger charge is 2.28. The van der Waals surface area contributed by atoms with Gasteiger partial charge in [-0.15, -0.1) is 0 Å². The second-order valence-electron chi connectivity index (χ2n) is 4.84. The molecule has 1 heterocycles. The normalized spacial score (nSPS) is 12.9. The maximum Gasteiger partial charge on any atom is 0.240 e. The second kappa shape index (κ2) is 5.14. The molecule has 6 nitrogen and oxygen atoms in total. The molecule has 0 bridgehead atoms. The van der Waals surface area contributed by atoms with Crippen LogP contribution in [0.4, 0.5) is 0 Å². The molecule has 0 aliphatic carbocycles. The van der Waals surface area contributed by atoms with Crippen molar-refractivity contribution >= 4 is 9.84 Å². The van der Waals surface area contributed by atoms with Gasteiger partial charge >= 0.3 is 0 Å². The summed E-state index contributed by atoms with van der Waals surface area (Å²) in [5, 5.41) is 6.61. The van der Waals surface area contributed by atoms with Crippen LogP contribution in [0, 0.1) is 6.92 Å². The highest BCUT2D eigenvalue weighted by atomic mass is 32.2.